The Morgan fingerprint density at radius 3 is 2.50 bits per heavy atom. The monoisotopic (exact) mass is 492 g/mol. The second kappa shape index (κ2) is 11.3. The summed E-state index contributed by atoms with van der Waals surface area (Å²) < 4.78 is 7.34. The maximum Gasteiger partial charge on any atom is 0.241 e. The predicted molar refractivity (Wildman–Crippen MR) is 143 cm³/mol. The minimum Gasteiger partial charge on any atom is -0.393 e. The quantitative estimate of drug-likeness (QED) is 0.497. The number of aliphatic hydroxyl groups excluding tert-OH is 1. The van der Waals surface area contributed by atoms with Crippen LogP contribution in [-0.4, -0.2) is 88.6 Å². The highest BCUT2D eigenvalue weighted by Crippen LogP contribution is 2.37. The van der Waals surface area contributed by atoms with Crippen LogP contribution >= 0.6 is 0 Å². The lowest BCUT2D eigenvalue weighted by Gasteiger charge is -2.32. The van der Waals surface area contributed by atoms with Crippen LogP contribution in [-0.2, 0) is 11.3 Å². The SMILES string of the molecule is COCC(C)Nc1ncc2c(-c3ccc(CN4CCN(C)CC4)cc3)cc([C@H]3CC[C@H](O)CC3)n2n1. The number of aromatic nitrogens is 3. The fourth-order valence-corrected chi connectivity index (χ4v) is 5.54. The van der Waals surface area contributed by atoms with Gasteiger partial charge in [-0.05, 0) is 56.8 Å². The molecule has 3 heterocycles. The summed E-state index contributed by atoms with van der Waals surface area (Å²) in [5.41, 5.74) is 5.93. The number of nitrogens with zero attached hydrogens (tertiary/aromatic N) is 5. The van der Waals surface area contributed by atoms with E-state index in [9.17, 15) is 5.11 Å². The molecule has 1 saturated heterocycles. The Balaban J connectivity index is 1.42. The molecule has 0 radical (unpaired) electrons. The summed E-state index contributed by atoms with van der Waals surface area (Å²) >= 11 is 0. The van der Waals surface area contributed by atoms with Gasteiger partial charge in [0.1, 0.15) is 0 Å². The van der Waals surface area contributed by atoms with Crippen LogP contribution in [0.1, 0.15) is 49.8 Å². The number of rotatable bonds is 8. The van der Waals surface area contributed by atoms with Crippen molar-refractivity contribution >= 4 is 11.5 Å². The average Bonchev–Trinajstić information content (AvgIpc) is 3.25. The van der Waals surface area contributed by atoms with Gasteiger partial charge in [-0.1, -0.05) is 24.3 Å². The molecule has 8 nitrogen and oxygen atoms in total. The molecule has 2 N–H and O–H groups in total. The van der Waals surface area contributed by atoms with Crippen molar-refractivity contribution in [3.8, 4) is 11.1 Å². The molecule has 1 unspecified atom stereocenters. The summed E-state index contributed by atoms with van der Waals surface area (Å²) in [6, 6.07) is 11.4. The molecular formula is C28H40N6O2. The van der Waals surface area contributed by atoms with Crippen molar-refractivity contribution in [1.82, 2.24) is 24.4 Å². The largest absolute Gasteiger partial charge is 0.393 e. The van der Waals surface area contributed by atoms with Crippen LogP contribution in [0.3, 0.4) is 0 Å². The molecule has 1 aromatic carbocycles. The van der Waals surface area contributed by atoms with Gasteiger partial charge in [0.05, 0.1) is 24.4 Å². The van der Waals surface area contributed by atoms with Crippen molar-refractivity contribution in [2.24, 2.45) is 0 Å². The highest BCUT2D eigenvalue weighted by Gasteiger charge is 2.26. The van der Waals surface area contributed by atoms with E-state index in [1.165, 1.54) is 22.4 Å². The van der Waals surface area contributed by atoms with E-state index < -0.39 is 0 Å². The zero-order valence-corrected chi connectivity index (χ0v) is 21.9. The Hall–Kier alpha value is -2.52. The van der Waals surface area contributed by atoms with Gasteiger partial charge < -0.3 is 20.1 Å². The van der Waals surface area contributed by atoms with E-state index in [1.54, 1.807) is 7.11 Å². The van der Waals surface area contributed by atoms with E-state index in [1.807, 2.05) is 6.20 Å². The zero-order valence-electron chi connectivity index (χ0n) is 21.9. The lowest BCUT2D eigenvalue weighted by atomic mass is 9.85. The number of hydrogen-bond acceptors (Lipinski definition) is 7. The molecule has 1 atom stereocenters. The van der Waals surface area contributed by atoms with E-state index in [0.717, 1.165) is 63.9 Å². The minimum atomic E-state index is -0.179. The molecule has 194 valence electrons. The molecule has 8 heteroatoms. The molecule has 2 aromatic heterocycles. The van der Waals surface area contributed by atoms with Gasteiger partial charge in [-0.3, -0.25) is 4.90 Å². The normalized spacial score (nSPS) is 22.7. The van der Waals surface area contributed by atoms with Gasteiger partial charge in [0, 0.05) is 63.1 Å². The Morgan fingerprint density at radius 1 is 1.08 bits per heavy atom. The minimum absolute atomic E-state index is 0.114. The molecular weight excluding hydrogens is 452 g/mol. The zero-order chi connectivity index (χ0) is 25.1. The van der Waals surface area contributed by atoms with Crippen molar-refractivity contribution in [3.05, 3.63) is 47.8 Å². The Morgan fingerprint density at radius 2 is 1.81 bits per heavy atom. The summed E-state index contributed by atoms with van der Waals surface area (Å²) in [6.45, 7) is 8.17. The molecule has 36 heavy (non-hydrogen) atoms. The van der Waals surface area contributed by atoms with E-state index in [0.29, 0.717) is 18.5 Å². The number of likely N-dealkylation sites (N-methyl/N-ethyl adjacent to an activating group) is 1. The predicted octanol–water partition coefficient (Wildman–Crippen LogP) is 3.61. The van der Waals surface area contributed by atoms with Gasteiger partial charge in [-0.15, -0.1) is 5.10 Å². The number of benzene rings is 1. The summed E-state index contributed by atoms with van der Waals surface area (Å²) in [7, 11) is 3.90. The topological polar surface area (TPSA) is 78.2 Å². The first kappa shape index (κ1) is 25.1. The van der Waals surface area contributed by atoms with Crippen LogP contribution in [0.5, 0.6) is 0 Å². The maximum atomic E-state index is 10.1. The standard InChI is InChI=1S/C28H40N6O2/c1-20(19-36-3)30-28-29-17-27-25(16-26(34(27)31-28)23-8-10-24(35)11-9-23)22-6-4-21(5-7-22)18-33-14-12-32(2)13-15-33/h4-7,16-17,20,23-24,35H,8-15,18-19H2,1-3H3,(H,30,31)/t20?,23-,24-. The molecule has 1 saturated carbocycles. The number of methoxy groups -OCH3 is 1. The van der Waals surface area contributed by atoms with Gasteiger partial charge in [0.2, 0.25) is 5.95 Å². The lowest BCUT2D eigenvalue weighted by molar-refractivity contribution is 0.121. The molecule has 2 aliphatic rings. The van der Waals surface area contributed by atoms with Crippen LogP contribution in [0.2, 0.25) is 0 Å². The molecule has 1 aliphatic heterocycles. The second-order valence-corrected chi connectivity index (χ2v) is 10.6. The third-order valence-electron chi connectivity index (χ3n) is 7.72. The fraction of sp³-hybridized carbons (Fsp3) is 0.571. The number of fused-ring (bicyclic) bond motifs is 1. The number of piperazine rings is 1. The maximum absolute atomic E-state index is 10.1. The first-order valence-electron chi connectivity index (χ1n) is 13.3. The summed E-state index contributed by atoms with van der Waals surface area (Å²) in [6.07, 6.45) is 5.39. The summed E-state index contributed by atoms with van der Waals surface area (Å²) in [5, 5.41) is 18.3. The molecule has 0 spiro atoms. The van der Waals surface area contributed by atoms with Crippen LogP contribution in [0.25, 0.3) is 16.6 Å². The highest BCUT2D eigenvalue weighted by molar-refractivity contribution is 5.81. The first-order valence-corrected chi connectivity index (χ1v) is 13.3. The van der Waals surface area contributed by atoms with E-state index >= 15 is 0 Å². The van der Waals surface area contributed by atoms with Crippen molar-refractivity contribution < 1.29 is 9.84 Å². The van der Waals surface area contributed by atoms with Gasteiger partial charge in [0.25, 0.3) is 0 Å². The third-order valence-corrected chi connectivity index (χ3v) is 7.72. The second-order valence-electron chi connectivity index (χ2n) is 10.6. The number of ether oxygens (including phenoxy) is 1. The van der Waals surface area contributed by atoms with Crippen LogP contribution in [0, 0.1) is 0 Å². The Kier molecular flexibility index (Phi) is 7.86. The van der Waals surface area contributed by atoms with Crippen molar-refractivity contribution in [2.75, 3.05) is 52.3 Å². The van der Waals surface area contributed by atoms with Crippen molar-refractivity contribution in [3.63, 3.8) is 0 Å². The van der Waals surface area contributed by atoms with Crippen molar-refractivity contribution in [2.45, 2.75) is 57.2 Å². The highest BCUT2D eigenvalue weighted by atomic mass is 16.5. The van der Waals surface area contributed by atoms with Crippen LogP contribution in [0.4, 0.5) is 5.95 Å². The van der Waals surface area contributed by atoms with Gasteiger partial charge in [-0.2, -0.15) is 0 Å². The van der Waals surface area contributed by atoms with E-state index in [2.05, 4.69) is 68.9 Å². The summed E-state index contributed by atoms with van der Waals surface area (Å²) in [5.74, 6) is 0.985. The van der Waals surface area contributed by atoms with Gasteiger partial charge in [-0.25, -0.2) is 9.50 Å². The molecule has 0 amide bonds. The van der Waals surface area contributed by atoms with Gasteiger partial charge in [0.15, 0.2) is 0 Å². The Labute approximate surface area is 214 Å². The number of nitrogens with one attached hydrogen (secondary N) is 1. The first-order chi connectivity index (χ1) is 17.5. The molecule has 1 aliphatic carbocycles. The van der Waals surface area contributed by atoms with Crippen LogP contribution < -0.4 is 5.32 Å². The number of hydrogen-bond donors (Lipinski definition) is 2. The average molecular weight is 493 g/mol. The molecule has 3 aromatic rings. The number of anilines is 1. The number of aliphatic hydroxyl groups is 1. The smallest absolute Gasteiger partial charge is 0.241 e. The third kappa shape index (κ3) is 5.72. The molecule has 0 bridgehead atoms. The molecule has 5 rings (SSSR count). The van der Waals surface area contributed by atoms with E-state index in [-0.39, 0.29) is 12.1 Å². The fourth-order valence-electron chi connectivity index (χ4n) is 5.54. The van der Waals surface area contributed by atoms with Gasteiger partial charge >= 0.3 is 0 Å². The van der Waals surface area contributed by atoms with Crippen molar-refractivity contribution in [1.29, 1.82) is 0 Å². The summed E-state index contributed by atoms with van der Waals surface area (Å²) in [4.78, 5) is 9.56. The van der Waals surface area contributed by atoms with Crippen LogP contribution in [0.15, 0.2) is 36.5 Å². The Bertz CT molecular complexity index is 1130. The lowest BCUT2D eigenvalue weighted by Crippen LogP contribution is -2.43. The van der Waals surface area contributed by atoms with E-state index in [4.69, 9.17) is 9.84 Å². The molecule has 2 fully saturated rings.